The number of piperidine rings is 1. The predicted molar refractivity (Wildman–Crippen MR) is 92.3 cm³/mol. The van der Waals surface area contributed by atoms with Gasteiger partial charge in [-0.3, -0.25) is 4.90 Å². The SMILES string of the molecule is CC.CC(C)(C)N1CCC(OCCN2CCC(C(F)(F)F)CC2)C1. The molecule has 0 saturated carbocycles. The van der Waals surface area contributed by atoms with Gasteiger partial charge in [0.05, 0.1) is 18.6 Å². The Hall–Kier alpha value is -0.330. The van der Waals surface area contributed by atoms with Gasteiger partial charge in [0.25, 0.3) is 0 Å². The molecule has 0 spiro atoms. The molecule has 144 valence electrons. The number of hydrogen-bond donors (Lipinski definition) is 0. The third kappa shape index (κ3) is 6.89. The van der Waals surface area contributed by atoms with E-state index in [1.54, 1.807) is 0 Å². The molecule has 2 heterocycles. The number of alkyl halides is 3. The number of likely N-dealkylation sites (tertiary alicyclic amines) is 2. The highest BCUT2D eigenvalue weighted by atomic mass is 19.4. The van der Waals surface area contributed by atoms with Crippen LogP contribution >= 0.6 is 0 Å². The molecule has 0 aromatic heterocycles. The fraction of sp³-hybridized carbons (Fsp3) is 1.00. The van der Waals surface area contributed by atoms with Crippen molar-refractivity contribution >= 4 is 0 Å². The van der Waals surface area contributed by atoms with Gasteiger partial charge in [0.1, 0.15) is 0 Å². The molecule has 0 aromatic rings. The molecule has 2 aliphatic heterocycles. The molecular formula is C18H35F3N2O. The quantitative estimate of drug-likeness (QED) is 0.755. The summed E-state index contributed by atoms with van der Waals surface area (Å²) in [5, 5.41) is 0. The van der Waals surface area contributed by atoms with Gasteiger partial charge in [-0.1, -0.05) is 13.8 Å². The first kappa shape index (κ1) is 21.7. The largest absolute Gasteiger partial charge is 0.391 e. The maximum absolute atomic E-state index is 12.6. The van der Waals surface area contributed by atoms with Gasteiger partial charge in [-0.15, -0.1) is 0 Å². The van der Waals surface area contributed by atoms with Crippen LogP contribution in [0.3, 0.4) is 0 Å². The number of rotatable bonds is 4. The molecule has 0 amide bonds. The summed E-state index contributed by atoms with van der Waals surface area (Å²) in [6, 6.07) is 0. The van der Waals surface area contributed by atoms with E-state index in [-0.39, 0.29) is 24.5 Å². The Morgan fingerprint density at radius 1 is 0.958 bits per heavy atom. The van der Waals surface area contributed by atoms with Crippen LogP contribution in [0.25, 0.3) is 0 Å². The minimum absolute atomic E-state index is 0.178. The molecule has 1 atom stereocenters. The van der Waals surface area contributed by atoms with Crippen LogP contribution in [0.5, 0.6) is 0 Å². The van der Waals surface area contributed by atoms with E-state index in [9.17, 15) is 13.2 Å². The second-order valence-corrected chi connectivity index (χ2v) is 7.56. The highest BCUT2D eigenvalue weighted by Crippen LogP contribution is 2.34. The van der Waals surface area contributed by atoms with Crippen molar-refractivity contribution in [1.29, 1.82) is 0 Å². The van der Waals surface area contributed by atoms with Crippen LogP contribution in [0.1, 0.15) is 53.9 Å². The summed E-state index contributed by atoms with van der Waals surface area (Å²) in [6.45, 7) is 15.1. The molecule has 2 aliphatic rings. The predicted octanol–water partition coefficient (Wildman–Crippen LogP) is 4.18. The minimum atomic E-state index is -4.02. The smallest absolute Gasteiger partial charge is 0.376 e. The van der Waals surface area contributed by atoms with E-state index in [0.717, 1.165) is 26.1 Å². The molecular weight excluding hydrogens is 317 g/mol. The van der Waals surface area contributed by atoms with Crippen LogP contribution in [0.4, 0.5) is 13.2 Å². The zero-order valence-corrected chi connectivity index (χ0v) is 16.0. The fourth-order valence-electron chi connectivity index (χ4n) is 3.31. The summed E-state index contributed by atoms with van der Waals surface area (Å²) in [5.74, 6) is -1.11. The number of halogens is 3. The van der Waals surface area contributed by atoms with Crippen LogP contribution in [-0.4, -0.2) is 66.9 Å². The molecule has 2 fully saturated rings. The summed E-state index contributed by atoms with van der Waals surface area (Å²) in [4.78, 5) is 4.52. The molecule has 0 radical (unpaired) electrons. The molecule has 2 saturated heterocycles. The van der Waals surface area contributed by atoms with Gasteiger partial charge >= 0.3 is 6.18 Å². The van der Waals surface area contributed by atoms with E-state index in [0.29, 0.717) is 19.7 Å². The van der Waals surface area contributed by atoms with Gasteiger partial charge in [-0.2, -0.15) is 13.2 Å². The van der Waals surface area contributed by atoms with Crippen molar-refractivity contribution in [3.8, 4) is 0 Å². The monoisotopic (exact) mass is 352 g/mol. The Labute approximate surface area is 145 Å². The highest BCUT2D eigenvalue weighted by molar-refractivity contribution is 4.85. The molecule has 0 aliphatic carbocycles. The van der Waals surface area contributed by atoms with Gasteiger partial charge in [0, 0.05) is 25.2 Å². The van der Waals surface area contributed by atoms with Gasteiger partial charge in [-0.05, 0) is 53.1 Å². The zero-order chi connectivity index (χ0) is 18.4. The van der Waals surface area contributed by atoms with E-state index >= 15 is 0 Å². The maximum atomic E-state index is 12.6. The maximum Gasteiger partial charge on any atom is 0.391 e. The van der Waals surface area contributed by atoms with Gasteiger partial charge in [0.15, 0.2) is 0 Å². The normalized spacial score (nSPS) is 24.8. The Bertz CT molecular complexity index is 347. The summed E-state index contributed by atoms with van der Waals surface area (Å²) >= 11 is 0. The third-order valence-corrected chi connectivity index (χ3v) is 4.91. The molecule has 0 bridgehead atoms. The number of nitrogens with zero attached hydrogens (tertiary/aromatic N) is 2. The van der Waals surface area contributed by atoms with Crippen molar-refractivity contribution in [3.05, 3.63) is 0 Å². The zero-order valence-electron chi connectivity index (χ0n) is 16.0. The number of hydrogen-bond acceptors (Lipinski definition) is 3. The van der Waals surface area contributed by atoms with Gasteiger partial charge < -0.3 is 9.64 Å². The van der Waals surface area contributed by atoms with Crippen molar-refractivity contribution in [3.63, 3.8) is 0 Å². The lowest BCUT2D eigenvalue weighted by Gasteiger charge is -2.33. The van der Waals surface area contributed by atoms with E-state index in [1.807, 2.05) is 13.8 Å². The van der Waals surface area contributed by atoms with Crippen molar-refractivity contribution in [2.45, 2.75) is 71.7 Å². The van der Waals surface area contributed by atoms with Crippen molar-refractivity contribution < 1.29 is 17.9 Å². The Morgan fingerprint density at radius 2 is 1.54 bits per heavy atom. The van der Waals surface area contributed by atoms with E-state index in [1.165, 1.54) is 0 Å². The molecule has 0 aromatic carbocycles. The Balaban J connectivity index is 0.00000139. The van der Waals surface area contributed by atoms with Crippen molar-refractivity contribution in [1.82, 2.24) is 9.80 Å². The molecule has 0 N–H and O–H groups in total. The lowest BCUT2D eigenvalue weighted by molar-refractivity contribution is -0.185. The molecule has 1 unspecified atom stereocenters. The second-order valence-electron chi connectivity index (χ2n) is 7.56. The fourth-order valence-corrected chi connectivity index (χ4v) is 3.31. The lowest BCUT2D eigenvalue weighted by atomic mass is 9.96. The minimum Gasteiger partial charge on any atom is -0.376 e. The number of ether oxygens (including phenoxy) is 1. The van der Waals surface area contributed by atoms with Crippen LogP contribution in [-0.2, 0) is 4.74 Å². The third-order valence-electron chi connectivity index (χ3n) is 4.91. The summed E-state index contributed by atoms with van der Waals surface area (Å²) in [5.41, 5.74) is 0.178. The van der Waals surface area contributed by atoms with E-state index in [4.69, 9.17) is 4.74 Å². The average Bonchev–Trinajstić information content (AvgIpc) is 2.98. The topological polar surface area (TPSA) is 15.7 Å². The molecule has 6 heteroatoms. The molecule has 24 heavy (non-hydrogen) atoms. The first-order valence-electron chi connectivity index (χ1n) is 9.32. The average molecular weight is 352 g/mol. The molecule has 3 nitrogen and oxygen atoms in total. The Kier molecular flexibility index (Phi) is 8.50. The summed E-state index contributed by atoms with van der Waals surface area (Å²) in [6.07, 6.45) is -2.25. The van der Waals surface area contributed by atoms with Crippen molar-refractivity contribution in [2.75, 3.05) is 39.3 Å². The van der Waals surface area contributed by atoms with E-state index < -0.39 is 12.1 Å². The Morgan fingerprint density at radius 3 is 2.00 bits per heavy atom. The molecule has 2 rings (SSSR count). The first-order chi connectivity index (χ1) is 11.2. The van der Waals surface area contributed by atoms with Gasteiger partial charge in [-0.25, -0.2) is 0 Å². The standard InChI is InChI=1S/C16H29F3N2O.C2H6/c1-15(2,3)21-9-6-14(12-21)22-11-10-20-7-4-13(5-8-20)16(17,18)19;1-2/h13-14H,4-12H2,1-3H3;1-2H3. The second kappa shape index (κ2) is 9.39. The van der Waals surface area contributed by atoms with Gasteiger partial charge in [0.2, 0.25) is 0 Å². The van der Waals surface area contributed by atoms with Crippen LogP contribution in [0.15, 0.2) is 0 Å². The van der Waals surface area contributed by atoms with Crippen LogP contribution < -0.4 is 0 Å². The van der Waals surface area contributed by atoms with Crippen molar-refractivity contribution in [2.24, 2.45) is 5.92 Å². The highest BCUT2D eigenvalue weighted by Gasteiger charge is 2.41. The lowest BCUT2D eigenvalue weighted by Crippen LogP contribution is -2.41. The summed E-state index contributed by atoms with van der Waals surface area (Å²) in [7, 11) is 0. The van der Waals surface area contributed by atoms with Crippen LogP contribution in [0.2, 0.25) is 0 Å². The first-order valence-corrected chi connectivity index (χ1v) is 9.32. The van der Waals surface area contributed by atoms with Crippen LogP contribution in [0, 0.1) is 5.92 Å². The summed E-state index contributed by atoms with van der Waals surface area (Å²) < 4.78 is 43.7. The van der Waals surface area contributed by atoms with E-state index in [2.05, 4.69) is 30.6 Å².